The zero-order valence-electron chi connectivity index (χ0n) is 61.0. The fraction of sp³-hybridized carbons (Fsp3) is 0.667. The lowest BCUT2D eigenvalue weighted by atomic mass is 9.85. The fourth-order valence-corrected chi connectivity index (χ4v) is 14.4. The van der Waals surface area contributed by atoms with Crippen molar-refractivity contribution in [1.82, 2.24) is 51.7 Å². The maximum absolute atomic E-state index is 15.3. The van der Waals surface area contributed by atoms with Crippen LogP contribution in [-0.2, 0) is 131 Å². The van der Waals surface area contributed by atoms with Crippen LogP contribution in [-0.4, -0.2) is 308 Å². The number of imide groups is 1. The molecule has 37 nitrogen and oxygen atoms in total. The molecule has 39 heteroatoms. The number of aliphatic hydroxyl groups is 3. The largest absolute Gasteiger partial charge is 0.508 e. The molecule has 13 N–H and O–H groups in total. The SMILES string of the molecule is CC[C@H](C)[C@@H]1CC(=O)CNC(=O)[C@H]2CC(=O)C([C@@H](C)[C@@H](O)CO)NC(=O)[C@@H]3C[C@@H](O)CN3C(=O)[C@H](CC(N)=O)NC(=O)[C@H](CS(=O)c3[nH]c4c(CSCCOCCOCCOCCOCCOCCOCCOCCOCCOCC[n+]5cc(CN6C(=O)C=CC6=O)n[nH]5)c(O)ccc4c3C2)NC(=O)CNC1=O. The first-order valence-electron chi connectivity index (χ1n) is 36.0. The number of ketones is 2. The molecule has 11 atom stereocenters. The van der Waals surface area contributed by atoms with Crippen LogP contribution in [0.15, 0.2) is 35.5 Å². The number of primary amides is 1. The molecule has 0 aliphatic carbocycles. The van der Waals surface area contributed by atoms with Gasteiger partial charge in [0.2, 0.25) is 47.0 Å². The molecular formula is C69H103N12O25S2+. The Morgan fingerprint density at radius 3 is 1.88 bits per heavy atom. The van der Waals surface area contributed by atoms with Gasteiger partial charge in [0.15, 0.2) is 17.8 Å². The number of H-pyrrole nitrogens is 2. The lowest BCUT2D eigenvalue weighted by molar-refractivity contribution is -0.754. The second-order valence-electron chi connectivity index (χ2n) is 26.2. The molecule has 2 unspecified atom stereocenters. The van der Waals surface area contributed by atoms with Crippen LogP contribution in [0.25, 0.3) is 10.9 Å². The van der Waals surface area contributed by atoms with Gasteiger partial charge in [0.25, 0.3) is 11.8 Å². The van der Waals surface area contributed by atoms with Gasteiger partial charge in [-0.1, -0.05) is 32.4 Å². The number of fused-ring (bicyclic) bond motifs is 5. The number of phenolic OH excluding ortho intramolecular Hbond substituents is 1. The predicted octanol–water partition coefficient (Wildman–Crippen LogP) is -4.22. The average Bonchev–Trinajstić information content (AvgIpc) is 1.61. The van der Waals surface area contributed by atoms with Crippen molar-refractivity contribution in [3.05, 3.63) is 47.3 Å². The van der Waals surface area contributed by atoms with Gasteiger partial charge >= 0.3 is 0 Å². The molecule has 6 heterocycles. The summed E-state index contributed by atoms with van der Waals surface area (Å²) in [6, 6.07) is -4.16. The molecule has 1 saturated heterocycles. The number of nitrogens with one attached hydrogen (secondary N) is 7. The van der Waals surface area contributed by atoms with E-state index in [0.717, 1.165) is 9.80 Å². The lowest BCUT2D eigenvalue weighted by Crippen LogP contribution is -2.60. The first kappa shape index (κ1) is 87.5. The Morgan fingerprint density at radius 2 is 1.31 bits per heavy atom. The second kappa shape index (κ2) is 46.0. The van der Waals surface area contributed by atoms with Gasteiger partial charge in [-0.15, -0.1) is 0 Å². The Morgan fingerprint density at radius 1 is 0.731 bits per heavy atom. The highest BCUT2D eigenvalue weighted by Crippen LogP contribution is 2.37. The first-order chi connectivity index (χ1) is 52.0. The van der Waals surface area contributed by atoms with Gasteiger partial charge in [-0.2, -0.15) is 16.4 Å². The molecule has 108 heavy (non-hydrogen) atoms. The van der Waals surface area contributed by atoms with Gasteiger partial charge in [0.1, 0.15) is 42.0 Å². The molecule has 0 saturated carbocycles. The first-order valence-corrected chi connectivity index (χ1v) is 38.5. The molecule has 9 amide bonds. The maximum atomic E-state index is 15.3. The third-order valence-electron chi connectivity index (χ3n) is 18.4. The summed E-state index contributed by atoms with van der Waals surface area (Å²) in [5.41, 5.74) is 6.81. The molecule has 600 valence electrons. The topological polar surface area (TPSA) is 510 Å². The van der Waals surface area contributed by atoms with E-state index in [1.54, 1.807) is 24.7 Å². The van der Waals surface area contributed by atoms with Crippen LogP contribution in [0.3, 0.4) is 0 Å². The Bertz CT molecular complexity index is 3550. The van der Waals surface area contributed by atoms with E-state index in [0.29, 0.717) is 134 Å². The van der Waals surface area contributed by atoms with E-state index in [1.807, 2.05) is 0 Å². The van der Waals surface area contributed by atoms with Gasteiger partial charge in [-0.05, 0) is 30.0 Å². The molecule has 7 rings (SSSR count). The van der Waals surface area contributed by atoms with Gasteiger partial charge in [0.05, 0.1) is 185 Å². The number of carbonyl (C=O) groups excluding carboxylic acids is 11. The number of hydrogen-bond acceptors (Lipinski definition) is 27. The minimum atomic E-state index is -2.45. The molecule has 1 fully saturated rings. The summed E-state index contributed by atoms with van der Waals surface area (Å²) < 4.78 is 67.3. The van der Waals surface area contributed by atoms with Crippen LogP contribution in [0, 0.1) is 23.7 Å². The quantitative estimate of drug-likeness (QED) is 0.0146. The predicted molar refractivity (Wildman–Crippen MR) is 382 cm³/mol. The van der Waals surface area contributed by atoms with Crippen molar-refractivity contribution in [2.45, 2.75) is 120 Å². The summed E-state index contributed by atoms with van der Waals surface area (Å²) in [5, 5.41) is 63.1. The van der Waals surface area contributed by atoms with Crippen LogP contribution in [0.5, 0.6) is 5.75 Å². The summed E-state index contributed by atoms with van der Waals surface area (Å²) in [4.78, 5) is 156. The van der Waals surface area contributed by atoms with Crippen molar-refractivity contribution >= 4 is 98.2 Å². The summed E-state index contributed by atoms with van der Waals surface area (Å²) in [6.07, 6.45) is -1.33. The number of aromatic nitrogens is 4. The highest BCUT2D eigenvalue weighted by molar-refractivity contribution is 7.98. The smallest absolute Gasteiger partial charge is 0.254 e. The number of hydrogen-bond donors (Lipinski definition) is 12. The van der Waals surface area contributed by atoms with Gasteiger partial charge in [0, 0.05) is 83.3 Å². The highest BCUT2D eigenvalue weighted by Gasteiger charge is 2.45. The monoisotopic (exact) mass is 1560 g/mol. The molecule has 1 aromatic carbocycles. The average molecular weight is 1560 g/mol. The Hall–Kier alpha value is -7.77. The molecule has 4 aliphatic heterocycles. The van der Waals surface area contributed by atoms with Crippen LogP contribution in [0.4, 0.5) is 0 Å². The van der Waals surface area contributed by atoms with Crippen molar-refractivity contribution in [2.24, 2.45) is 29.4 Å². The number of nitrogens with zero attached hydrogens (tertiary/aromatic N) is 4. The number of Topliss-reactive ketones (excluding diaryl/α,β-unsaturated/α-hetero) is 2. The van der Waals surface area contributed by atoms with Crippen molar-refractivity contribution < 1.29 is 125 Å². The van der Waals surface area contributed by atoms with E-state index >= 15 is 4.21 Å². The number of carbonyl (C=O) groups is 11. The Labute approximate surface area is 630 Å². The molecule has 3 aromatic rings. The van der Waals surface area contributed by atoms with Crippen LogP contribution in [0.1, 0.15) is 69.7 Å². The summed E-state index contributed by atoms with van der Waals surface area (Å²) in [6.45, 7) is 9.06. The summed E-state index contributed by atoms with van der Waals surface area (Å²) >= 11 is 1.36. The van der Waals surface area contributed by atoms with Crippen molar-refractivity contribution in [2.75, 3.05) is 157 Å². The standard InChI is InChI=1S/C69H102N12O25S2/c1-4-42(2)49-31-46(83)34-71-64(92)44-29-50-48-5-6-55(85)51(40-107-28-27-106-26-25-105-24-23-104-22-21-103-20-19-102-18-17-101-16-15-100-14-13-99-12-11-98-10-9-79-36-45(77-78-79)37-81-60(90)7-8-61(81)91)63(48)76-68(50)108(97)41-53(73-59(89)35-72-65(49)93)66(94)74-52(33-58(70)88)69(96)80-38-47(84)32-54(80)67(95)75-62(56(86)30-44)43(3)57(87)39-82/h5-8,36,42-44,47,49,52-54,57,62,82,84,87H,4,9-35,37-41H2,1-3H3,(H9,70,71,72,73,74,75,76,77,78,85,88,89,90,91,92,93,94,95)/p+1/t42-,43-,44+,47+,49-,52-,53-,54-,57-,62?,108?/m0/s1. The Balaban J connectivity index is 0.869. The van der Waals surface area contributed by atoms with Crippen LogP contribution < -0.4 is 37.0 Å². The van der Waals surface area contributed by atoms with E-state index in [-0.39, 0.29) is 65.8 Å². The van der Waals surface area contributed by atoms with Crippen LogP contribution in [0.2, 0.25) is 0 Å². The number of aromatic hydroxyl groups is 1. The molecule has 0 spiro atoms. The summed E-state index contributed by atoms with van der Waals surface area (Å²) in [7, 11) is -2.45. The van der Waals surface area contributed by atoms with E-state index in [2.05, 4.69) is 41.9 Å². The molecule has 2 aromatic heterocycles. The zero-order chi connectivity index (χ0) is 78.1. The number of nitrogens with two attached hydrogens (primary N) is 1. The maximum Gasteiger partial charge on any atom is 0.254 e. The number of benzene rings is 1. The van der Waals surface area contributed by atoms with E-state index in [1.165, 1.54) is 43.0 Å². The number of aliphatic hydroxyl groups excluding tert-OH is 3. The third kappa shape index (κ3) is 27.7. The molecule has 4 aliphatic rings. The van der Waals surface area contributed by atoms with Gasteiger partial charge < -0.3 is 105 Å². The number of aromatic amines is 2. The second-order valence-corrected chi connectivity index (χ2v) is 28.7. The fourth-order valence-electron chi connectivity index (χ4n) is 12.1. The van der Waals surface area contributed by atoms with E-state index in [4.69, 9.17) is 48.4 Å². The van der Waals surface area contributed by atoms with Crippen molar-refractivity contribution in [1.29, 1.82) is 0 Å². The van der Waals surface area contributed by atoms with Crippen molar-refractivity contribution in [3.8, 4) is 5.75 Å². The zero-order valence-corrected chi connectivity index (χ0v) is 62.7. The molecule has 2 bridgehead atoms. The third-order valence-corrected chi connectivity index (χ3v) is 20.7. The molecular weight excluding hydrogens is 1460 g/mol. The van der Waals surface area contributed by atoms with E-state index in [9.17, 15) is 73.2 Å². The number of amides is 9. The number of thioether (sulfide) groups is 1. The number of phenols is 1. The normalized spacial score (nSPS) is 22.6. The van der Waals surface area contributed by atoms with Crippen LogP contribution >= 0.6 is 11.8 Å². The number of ether oxygens (including phenoxy) is 9. The minimum Gasteiger partial charge on any atom is -0.508 e. The highest BCUT2D eigenvalue weighted by atomic mass is 32.2. The van der Waals surface area contributed by atoms with Crippen molar-refractivity contribution in [3.63, 3.8) is 0 Å². The Kier molecular flexibility index (Phi) is 37.3. The summed E-state index contributed by atoms with van der Waals surface area (Å²) in [5.74, 6) is -13.9. The van der Waals surface area contributed by atoms with E-state index < -0.39 is 188 Å². The van der Waals surface area contributed by atoms with Gasteiger partial charge in [-0.3, -0.25) is 61.8 Å². The minimum absolute atomic E-state index is 0.0898. The number of rotatable bonds is 41. The van der Waals surface area contributed by atoms with Gasteiger partial charge in [-0.25, -0.2) is 0 Å². The lowest BCUT2D eigenvalue weighted by Gasteiger charge is -2.32. The molecule has 0 radical (unpaired) electrons.